The van der Waals surface area contributed by atoms with E-state index in [0.717, 1.165) is 20.1 Å². The van der Waals surface area contributed by atoms with E-state index in [1.165, 1.54) is 14.2 Å². The number of halogens is 2. The highest BCUT2D eigenvalue weighted by atomic mass is 79.9. The molecule has 144 valence electrons. The maximum atomic E-state index is 12.8. The van der Waals surface area contributed by atoms with Gasteiger partial charge in [0.15, 0.2) is 0 Å². The average molecular weight is 502 g/mol. The lowest BCUT2D eigenvalue weighted by molar-refractivity contribution is -0.846. The number of hydroxylamine groups is 2. The second-order valence-corrected chi connectivity index (χ2v) is 7.49. The molecule has 0 amide bonds. The highest BCUT2D eigenvalue weighted by molar-refractivity contribution is 9.10. The van der Waals surface area contributed by atoms with Crippen LogP contribution in [0, 0.1) is 10.4 Å². The molecule has 0 aromatic heterocycles. The molecular formula is C17H18Br2N4O4. The molecule has 27 heavy (non-hydrogen) atoms. The second-order valence-electron chi connectivity index (χ2n) is 5.66. The van der Waals surface area contributed by atoms with Crippen molar-refractivity contribution >= 4 is 31.9 Å². The van der Waals surface area contributed by atoms with Crippen LogP contribution in [-0.4, -0.2) is 29.6 Å². The molecule has 0 aliphatic rings. The van der Waals surface area contributed by atoms with Crippen LogP contribution in [0.15, 0.2) is 68.0 Å². The minimum Gasteiger partial charge on any atom is -0.592 e. The molecule has 0 aliphatic carbocycles. The van der Waals surface area contributed by atoms with Crippen molar-refractivity contribution in [3.63, 3.8) is 0 Å². The normalized spacial score (nSPS) is 12.7. The molecule has 0 saturated carbocycles. The summed E-state index contributed by atoms with van der Waals surface area (Å²) in [5.74, 6) is 0. The second kappa shape index (κ2) is 9.65. The van der Waals surface area contributed by atoms with E-state index in [0.29, 0.717) is 0 Å². The van der Waals surface area contributed by atoms with Crippen LogP contribution in [0.4, 0.5) is 0 Å². The minimum atomic E-state index is -1.74. The summed E-state index contributed by atoms with van der Waals surface area (Å²) in [5.41, 5.74) is -0.252. The van der Waals surface area contributed by atoms with Gasteiger partial charge in [0.1, 0.15) is 27.1 Å². The van der Waals surface area contributed by atoms with Crippen LogP contribution >= 0.6 is 31.9 Å². The van der Waals surface area contributed by atoms with Crippen molar-refractivity contribution in [2.45, 2.75) is 18.5 Å². The fourth-order valence-corrected chi connectivity index (χ4v) is 3.09. The van der Waals surface area contributed by atoms with E-state index >= 15 is 0 Å². The third-order valence-electron chi connectivity index (χ3n) is 3.82. The lowest BCUT2D eigenvalue weighted by Gasteiger charge is -2.24. The van der Waals surface area contributed by atoms with Gasteiger partial charge in [0, 0.05) is 18.7 Å². The van der Waals surface area contributed by atoms with Crippen molar-refractivity contribution in [1.82, 2.24) is 0 Å². The van der Waals surface area contributed by atoms with Gasteiger partial charge in [-0.05, 0) is 35.4 Å². The first-order valence-electron chi connectivity index (χ1n) is 7.83. The van der Waals surface area contributed by atoms with Crippen LogP contribution in [0.25, 0.3) is 0 Å². The number of benzene rings is 2. The summed E-state index contributed by atoms with van der Waals surface area (Å²) >= 11 is 6.73. The van der Waals surface area contributed by atoms with E-state index in [-0.39, 0.29) is 22.6 Å². The van der Waals surface area contributed by atoms with E-state index < -0.39 is 5.66 Å². The summed E-state index contributed by atoms with van der Waals surface area (Å²) in [6.07, 6.45) is 0.0616. The molecular weight excluding hydrogens is 484 g/mol. The van der Waals surface area contributed by atoms with Crippen LogP contribution in [0.1, 0.15) is 11.1 Å². The molecule has 0 atom stereocenters. The highest BCUT2D eigenvalue weighted by Gasteiger charge is 2.53. The molecule has 0 fully saturated rings. The third-order valence-corrected chi connectivity index (χ3v) is 4.88. The first kappa shape index (κ1) is 21.1. The molecule has 2 rings (SSSR count). The van der Waals surface area contributed by atoms with Crippen LogP contribution in [0.2, 0.25) is 0 Å². The summed E-state index contributed by atoms with van der Waals surface area (Å²) < 4.78 is 1.76. The van der Waals surface area contributed by atoms with Gasteiger partial charge in [0.25, 0.3) is 0 Å². The Morgan fingerprint density at radius 2 is 1.11 bits per heavy atom. The van der Waals surface area contributed by atoms with E-state index in [1.54, 1.807) is 0 Å². The maximum absolute atomic E-state index is 12.8. The van der Waals surface area contributed by atoms with Crippen molar-refractivity contribution in [2.24, 2.45) is 10.6 Å². The lowest BCUT2D eigenvalue weighted by atomic mass is 9.93. The SMILES string of the molecule is CON=[N+]([O-])C(Cc1ccc(Br)cc1)(Cc1ccc(Br)cc1)[N+]([O-])=NOC. The monoisotopic (exact) mass is 500 g/mol. The van der Waals surface area contributed by atoms with Crippen LogP contribution < -0.4 is 0 Å². The molecule has 8 nitrogen and oxygen atoms in total. The van der Waals surface area contributed by atoms with Gasteiger partial charge < -0.3 is 20.1 Å². The molecule has 0 unspecified atom stereocenters. The minimum absolute atomic E-state index is 0.0308. The highest BCUT2D eigenvalue weighted by Crippen LogP contribution is 2.27. The van der Waals surface area contributed by atoms with Gasteiger partial charge in [-0.3, -0.25) is 0 Å². The Morgan fingerprint density at radius 1 is 0.778 bits per heavy atom. The van der Waals surface area contributed by atoms with Gasteiger partial charge in [-0.25, -0.2) is 0 Å². The van der Waals surface area contributed by atoms with Crippen molar-refractivity contribution in [3.8, 4) is 0 Å². The summed E-state index contributed by atoms with van der Waals surface area (Å²) in [6, 6.07) is 14.5. The summed E-state index contributed by atoms with van der Waals surface area (Å²) in [6.45, 7) is 0. The Kier molecular flexibility index (Phi) is 7.55. The quantitative estimate of drug-likeness (QED) is 0.226. The molecule has 0 N–H and O–H groups in total. The maximum Gasteiger partial charge on any atom is 0.432 e. The molecule has 0 bridgehead atoms. The van der Waals surface area contributed by atoms with Gasteiger partial charge in [-0.2, -0.15) is 0 Å². The van der Waals surface area contributed by atoms with Crippen molar-refractivity contribution in [1.29, 1.82) is 0 Å². The van der Waals surface area contributed by atoms with Crippen LogP contribution in [0.3, 0.4) is 0 Å². The van der Waals surface area contributed by atoms with Crippen molar-refractivity contribution < 1.29 is 19.4 Å². The fraction of sp³-hybridized carbons (Fsp3) is 0.294. The molecule has 10 heteroatoms. The van der Waals surface area contributed by atoms with Gasteiger partial charge in [-0.15, -0.1) is 0 Å². The first-order valence-corrected chi connectivity index (χ1v) is 9.41. The number of hydrogen-bond acceptors (Lipinski definition) is 6. The Bertz CT molecular complexity index is 741. The zero-order valence-corrected chi connectivity index (χ0v) is 17.9. The molecule has 0 heterocycles. The molecule has 0 spiro atoms. The molecule has 0 saturated heterocycles. The Hall–Kier alpha value is -2.20. The van der Waals surface area contributed by atoms with E-state index in [9.17, 15) is 10.4 Å². The topological polar surface area (TPSA) is 95.3 Å². The van der Waals surface area contributed by atoms with Gasteiger partial charge in [-0.1, -0.05) is 56.1 Å². The van der Waals surface area contributed by atoms with Gasteiger partial charge in [0.2, 0.25) is 10.6 Å². The standard InChI is InChI=1S/C17H18Br2N4O4/c1-26-20-22(24)17(23(25)21-27-2,11-13-3-7-15(18)8-4-13)12-14-5-9-16(19)10-6-14/h3-10H,11-12H2,1-2H3. The van der Waals surface area contributed by atoms with Crippen LogP contribution in [-0.2, 0) is 22.5 Å². The Balaban J connectivity index is 2.56. The lowest BCUT2D eigenvalue weighted by Crippen LogP contribution is -2.51. The smallest absolute Gasteiger partial charge is 0.432 e. The van der Waals surface area contributed by atoms with Crippen molar-refractivity contribution in [2.75, 3.05) is 14.2 Å². The Labute approximate surface area is 173 Å². The van der Waals surface area contributed by atoms with E-state index in [2.05, 4.69) is 52.1 Å². The zero-order chi connectivity index (χ0) is 19.9. The van der Waals surface area contributed by atoms with Gasteiger partial charge in [0.05, 0.1) is 0 Å². The average Bonchev–Trinajstić information content (AvgIpc) is 2.65. The predicted molar refractivity (Wildman–Crippen MR) is 105 cm³/mol. The number of nitrogens with zero attached hydrogens (tertiary/aromatic N) is 4. The van der Waals surface area contributed by atoms with E-state index in [4.69, 9.17) is 0 Å². The largest absolute Gasteiger partial charge is 0.592 e. The number of rotatable bonds is 8. The molecule has 2 aromatic rings. The summed E-state index contributed by atoms with van der Waals surface area (Å²) in [4.78, 5) is 9.71. The molecule has 0 radical (unpaired) electrons. The fourth-order valence-electron chi connectivity index (χ4n) is 2.56. The van der Waals surface area contributed by atoms with Crippen LogP contribution in [0.5, 0.6) is 0 Å². The van der Waals surface area contributed by atoms with Gasteiger partial charge >= 0.3 is 5.66 Å². The summed E-state index contributed by atoms with van der Waals surface area (Å²) in [5, 5.41) is 32.4. The zero-order valence-electron chi connectivity index (χ0n) is 14.7. The Morgan fingerprint density at radius 3 is 1.41 bits per heavy atom. The molecule has 2 aromatic carbocycles. The van der Waals surface area contributed by atoms with Crippen molar-refractivity contribution in [3.05, 3.63) is 79.0 Å². The van der Waals surface area contributed by atoms with E-state index in [1.807, 2.05) is 48.5 Å². The third kappa shape index (κ3) is 5.39. The molecule has 0 aliphatic heterocycles. The summed E-state index contributed by atoms with van der Waals surface area (Å²) in [7, 11) is 2.47. The first-order chi connectivity index (χ1) is 12.9. The number of hydrogen-bond donors (Lipinski definition) is 0. The predicted octanol–water partition coefficient (Wildman–Crippen LogP) is 4.74.